The third-order valence-corrected chi connectivity index (χ3v) is 24.3. The van der Waals surface area contributed by atoms with Crippen molar-refractivity contribution in [2.75, 3.05) is 20.3 Å². The van der Waals surface area contributed by atoms with E-state index in [0.29, 0.717) is 64.2 Å². The topological polar surface area (TPSA) is 617 Å². The van der Waals surface area contributed by atoms with E-state index in [1.807, 2.05) is 13.8 Å². The molecule has 42 heteroatoms. The van der Waals surface area contributed by atoms with Crippen molar-refractivity contribution >= 4 is 23.9 Å². The number of carbonyl (C=O) groups excluding carboxylic acids is 4. The Morgan fingerprint density at radius 2 is 0.680 bits per heavy atom. The summed E-state index contributed by atoms with van der Waals surface area (Å²) in [6, 6.07) is 0. The maximum absolute atomic E-state index is 15.2. The van der Waals surface area contributed by atoms with Crippen LogP contribution in [0.4, 0.5) is 0 Å². The number of hydrogen-bond acceptors (Lipinski definition) is 42. The smallest absolute Gasteiger partial charge is 0.333 e. The fourth-order valence-corrected chi connectivity index (χ4v) is 16.3. The lowest BCUT2D eigenvalue weighted by atomic mass is 9.95. The van der Waals surface area contributed by atoms with E-state index in [-0.39, 0.29) is 30.4 Å². The molecule has 0 aromatic heterocycles. The largest absolute Gasteiger partial charge is 0.469 e. The van der Waals surface area contributed by atoms with Crippen LogP contribution in [0, 0.1) is 0 Å². The van der Waals surface area contributed by atoms with Gasteiger partial charge in [0, 0.05) is 17.6 Å². The number of allylic oxidation sites excluding steroid dienone is 2. The Morgan fingerprint density at radius 3 is 1.18 bits per heavy atom. The van der Waals surface area contributed by atoms with Crippen molar-refractivity contribution in [3.63, 3.8) is 0 Å². The quantitative estimate of drug-likeness (QED) is 0.0127. The van der Waals surface area contributed by atoms with Gasteiger partial charge in [0.2, 0.25) is 0 Å². The molecular weight excluding hydrogens is 1670 g/mol. The molecule has 0 radical (unpaired) electrons. The summed E-state index contributed by atoms with van der Waals surface area (Å²) in [5.41, 5.74) is 0.187. The molecule has 0 bridgehead atoms. The Labute approximate surface area is 726 Å². The molecule has 43 atom stereocenters. The summed E-state index contributed by atoms with van der Waals surface area (Å²) in [6.07, 6.45) is -65.7. The molecule has 0 aromatic carbocycles. The summed E-state index contributed by atoms with van der Waals surface area (Å²) in [5, 5.41) is 206. The molecule has 8 saturated heterocycles. The van der Waals surface area contributed by atoms with Crippen molar-refractivity contribution in [2.24, 2.45) is 0 Å². The molecule has 8 aliphatic rings. The van der Waals surface area contributed by atoms with Gasteiger partial charge in [0.25, 0.3) is 0 Å². The standard InChI is InChI=1S/C83H140O42/c1-14-26-44(113-76-61(100)55(94)50(89)37(7)107-76)30-24-21-25-31-48(87)117-73-72(125-82-70(58(97)53(92)47(34-85)116-82)122-79-64(103)68(66(41(11)111-79)119-75(105)36(6)17-4)121-77-62(101)56(95)51(90)38(8)108-77)67(120-78-63(102)60(99)65(40(10)110-78)118-74(104)35(5)16-3)42(12)112-83(73)124-71-59(98)54(93)46(33-84)115-81(71)123-69-57(96)52(91)39(9)109-80(69)114-45(27-15-2)29-23-20-18-19-22-28-43(86)32-49(88)106-13/h16-17,37-47,50-73,76-86,89-103H,14-15,18-34H2,1-13H3/b35-16+,36-17+/t37-,38-,39-,40-,41-,42+,43+,44+,45+,46-,47-,50-,51+,52+,53-,54-,55+,56+,57+,58+,59+,60-,61-,62-,63-,64-,65+,66-,67+,68-,69-,70-,71-,72-,73-,76+,77+,78+,79+,80-,81+,82+,83+/m1/s1. The van der Waals surface area contributed by atoms with Crippen LogP contribution in [0.25, 0.3) is 0 Å². The van der Waals surface area contributed by atoms with Crippen molar-refractivity contribution in [1.82, 2.24) is 0 Å². The molecule has 8 fully saturated rings. The van der Waals surface area contributed by atoms with Crippen LogP contribution in [-0.2, 0) is 114 Å². The highest BCUT2D eigenvalue weighted by Crippen LogP contribution is 2.42. The molecule has 0 spiro atoms. The molecule has 724 valence electrons. The van der Waals surface area contributed by atoms with Crippen molar-refractivity contribution < 1.29 is 206 Å². The predicted octanol–water partition coefficient (Wildman–Crippen LogP) is -2.74. The first-order valence-electron chi connectivity index (χ1n) is 43.8. The zero-order valence-corrected chi connectivity index (χ0v) is 73.3. The number of esters is 4. The number of ether oxygens (including phenoxy) is 20. The summed E-state index contributed by atoms with van der Waals surface area (Å²) < 4.78 is 124. The van der Waals surface area contributed by atoms with E-state index in [0.717, 1.165) is 19.3 Å². The number of rotatable bonds is 43. The third-order valence-electron chi connectivity index (χ3n) is 24.3. The monoisotopic (exact) mass is 1810 g/mol. The van der Waals surface area contributed by atoms with Crippen LogP contribution in [0.3, 0.4) is 0 Å². The Morgan fingerprint density at radius 1 is 0.328 bits per heavy atom. The van der Waals surface area contributed by atoms with Crippen LogP contribution in [0.2, 0.25) is 0 Å². The minimum Gasteiger partial charge on any atom is -0.469 e. The fourth-order valence-electron chi connectivity index (χ4n) is 16.3. The van der Waals surface area contributed by atoms with Gasteiger partial charge < -0.3 is 187 Å². The number of unbranched alkanes of at least 4 members (excludes halogenated alkanes) is 6. The second-order valence-electron chi connectivity index (χ2n) is 33.8. The summed E-state index contributed by atoms with van der Waals surface area (Å²) in [6.45, 7) is 16.0. The highest BCUT2D eigenvalue weighted by atomic mass is 16.8. The molecule has 125 heavy (non-hydrogen) atoms. The van der Waals surface area contributed by atoms with Gasteiger partial charge in [-0.25, -0.2) is 9.59 Å². The molecule has 0 amide bonds. The summed E-state index contributed by atoms with van der Waals surface area (Å²) in [7, 11) is 1.24. The maximum atomic E-state index is 15.2. The molecule has 0 unspecified atom stereocenters. The minimum atomic E-state index is -2.31. The molecular formula is C83H140O42. The van der Waals surface area contributed by atoms with E-state index < -0.39 is 307 Å². The van der Waals surface area contributed by atoms with Gasteiger partial charge in [0.15, 0.2) is 68.6 Å². The van der Waals surface area contributed by atoms with E-state index >= 15 is 4.79 Å². The number of carbonyl (C=O) groups is 4. The van der Waals surface area contributed by atoms with Crippen molar-refractivity contribution in [3.8, 4) is 0 Å². The van der Waals surface area contributed by atoms with Crippen LogP contribution < -0.4 is 0 Å². The molecule has 0 saturated carbocycles. The van der Waals surface area contributed by atoms with E-state index in [4.69, 9.17) is 90.0 Å². The van der Waals surface area contributed by atoms with E-state index in [1.54, 1.807) is 6.92 Å². The third kappa shape index (κ3) is 27.6. The summed E-state index contributed by atoms with van der Waals surface area (Å²) in [4.78, 5) is 53.7. The number of hydrogen-bond donors (Lipinski definition) is 18. The Kier molecular flexibility index (Phi) is 42.7. The van der Waals surface area contributed by atoms with Crippen LogP contribution in [0.15, 0.2) is 23.3 Å². The summed E-state index contributed by atoms with van der Waals surface area (Å²) in [5.74, 6) is -3.45. The second-order valence-corrected chi connectivity index (χ2v) is 33.8. The van der Waals surface area contributed by atoms with Crippen molar-refractivity contribution in [3.05, 3.63) is 23.3 Å². The van der Waals surface area contributed by atoms with Crippen LogP contribution in [0.5, 0.6) is 0 Å². The predicted molar refractivity (Wildman–Crippen MR) is 423 cm³/mol. The number of methoxy groups -OCH3 is 1. The van der Waals surface area contributed by atoms with Crippen molar-refractivity contribution in [2.45, 2.75) is 456 Å². The van der Waals surface area contributed by atoms with Gasteiger partial charge in [0.05, 0.1) is 81.7 Å². The van der Waals surface area contributed by atoms with E-state index in [2.05, 4.69) is 4.74 Å². The first-order chi connectivity index (χ1) is 59.3. The fraction of sp³-hybridized carbons (Fsp3) is 0.904. The lowest BCUT2D eigenvalue weighted by Gasteiger charge is -2.52. The maximum Gasteiger partial charge on any atom is 0.333 e. The Hall–Kier alpha value is -4.00. The van der Waals surface area contributed by atoms with Gasteiger partial charge in [-0.05, 0) is 108 Å². The SMILES string of the molecule is C/C=C(\C)C(=O)O[C@@H]1[C@H](O)[C@@H](O)[C@H](O[C@@H]2[C@@H](O[C@@H]3O[C@H](CO)[C@@H](O)[C@H](O)[C@H]3O[C@@H]3O[C@H](C)[C@@H](OC(=O)/C(C)=C/C)[C@H](O[C@@H]4O[C@H](C)[C@H](O)[C@H](O)[C@H]4O)[C@H]3O)[C@@H](OC(=O)CCCCC[C@H](CCC)O[C@@H]3O[C@H](C)[C@@H](O)[C@H](O)[C@H]3O)[C@H](O[C@H]3[C@H](O[C@H]4[C@@H](O[C@@H](CCC)CCCCCCC[C@H](O)CC(=O)OC)O[C@H](C)[C@H](O)[C@@H]4O)O[C@H](CO)[C@@H](O)[C@@H]3O)O[C@H]2C)O[C@@H]1C. The van der Waals surface area contributed by atoms with E-state index in [9.17, 15) is 106 Å². The molecule has 8 aliphatic heterocycles. The number of aliphatic hydroxyl groups is 18. The zero-order chi connectivity index (χ0) is 92.3. The molecule has 18 N–H and O–H groups in total. The Bertz CT molecular complexity index is 3290. The zero-order valence-electron chi connectivity index (χ0n) is 73.3. The molecule has 0 aliphatic carbocycles. The first-order valence-corrected chi connectivity index (χ1v) is 43.8. The van der Waals surface area contributed by atoms with Gasteiger partial charge >= 0.3 is 23.9 Å². The van der Waals surface area contributed by atoms with Gasteiger partial charge in [-0.2, -0.15) is 0 Å². The lowest BCUT2D eigenvalue weighted by molar-refractivity contribution is -0.415. The minimum absolute atomic E-state index is 0.0323. The van der Waals surface area contributed by atoms with Crippen LogP contribution in [0.1, 0.15) is 192 Å². The molecule has 8 heterocycles. The highest BCUT2D eigenvalue weighted by Gasteiger charge is 2.61. The summed E-state index contributed by atoms with van der Waals surface area (Å²) >= 11 is 0. The van der Waals surface area contributed by atoms with Crippen LogP contribution >= 0.6 is 0 Å². The normalized spacial score (nSPS) is 42.5. The average molecular weight is 1810 g/mol. The van der Waals surface area contributed by atoms with Crippen molar-refractivity contribution in [1.29, 1.82) is 0 Å². The average Bonchev–Trinajstić information content (AvgIpc) is 0.759. The van der Waals surface area contributed by atoms with Gasteiger partial charge in [-0.3, -0.25) is 9.59 Å². The second kappa shape index (κ2) is 50.2. The van der Waals surface area contributed by atoms with Gasteiger partial charge in [0.1, 0.15) is 140 Å². The molecule has 42 nitrogen and oxygen atoms in total. The number of aliphatic hydroxyl groups excluding tert-OH is 18. The molecule has 8 rings (SSSR count). The van der Waals surface area contributed by atoms with Gasteiger partial charge in [-0.15, -0.1) is 0 Å². The Balaban J connectivity index is 1.20. The van der Waals surface area contributed by atoms with E-state index in [1.165, 1.54) is 81.6 Å². The van der Waals surface area contributed by atoms with Crippen LogP contribution in [-0.4, -0.2) is 400 Å². The van der Waals surface area contributed by atoms with Gasteiger partial charge in [-0.1, -0.05) is 83.8 Å². The molecule has 0 aromatic rings. The first kappa shape index (κ1) is 106. The highest BCUT2D eigenvalue weighted by molar-refractivity contribution is 5.88. The lowest BCUT2D eigenvalue weighted by Crippen LogP contribution is -2.69.